The molecule has 1 aromatic heterocycles. The number of ether oxygens (including phenoxy) is 1. The summed E-state index contributed by atoms with van der Waals surface area (Å²) in [7, 11) is 0. The average Bonchev–Trinajstić information content (AvgIpc) is 3.32. The van der Waals surface area contributed by atoms with Crippen molar-refractivity contribution in [1.82, 2.24) is 10.1 Å². The molecule has 0 bridgehead atoms. The third-order valence-corrected chi connectivity index (χ3v) is 6.56. The summed E-state index contributed by atoms with van der Waals surface area (Å²) in [6, 6.07) is 26.6. The summed E-state index contributed by atoms with van der Waals surface area (Å²) in [5.74, 6) is 2.09. The fraction of sp³-hybridized carbons (Fsp3) is 0.276. The number of aromatic nitrogens is 2. The van der Waals surface area contributed by atoms with Gasteiger partial charge in [0.2, 0.25) is 5.89 Å². The fourth-order valence-corrected chi connectivity index (χ4v) is 5.03. The summed E-state index contributed by atoms with van der Waals surface area (Å²) in [6.45, 7) is 1.45. The van der Waals surface area contributed by atoms with E-state index in [4.69, 9.17) is 14.2 Å². The van der Waals surface area contributed by atoms with E-state index in [-0.39, 0.29) is 11.9 Å². The lowest BCUT2D eigenvalue weighted by Crippen LogP contribution is -2.13. The molecule has 0 spiro atoms. The Hall–Kier alpha value is -3.73. The van der Waals surface area contributed by atoms with Gasteiger partial charge in [-0.1, -0.05) is 78.0 Å². The average molecular weight is 453 g/mol. The molecule has 1 aliphatic rings. The Balaban J connectivity index is 1.35. The Kier molecular flexibility index (Phi) is 6.52. The number of fused-ring (bicyclic) bond motifs is 1. The van der Waals surface area contributed by atoms with E-state index in [1.54, 1.807) is 0 Å². The van der Waals surface area contributed by atoms with Crippen molar-refractivity contribution >= 4 is 5.97 Å². The molecular formula is C29H28N2O3. The van der Waals surface area contributed by atoms with Crippen LogP contribution >= 0.6 is 0 Å². The van der Waals surface area contributed by atoms with Gasteiger partial charge in [-0.25, -0.2) is 0 Å². The summed E-state index contributed by atoms with van der Waals surface area (Å²) in [4.78, 5) is 16.3. The van der Waals surface area contributed by atoms with Gasteiger partial charge in [0.1, 0.15) is 5.75 Å². The number of aryl methyl sites for hydroxylation is 1. The Labute approximate surface area is 199 Å². The molecule has 4 aromatic rings. The molecule has 5 nitrogen and oxygen atoms in total. The van der Waals surface area contributed by atoms with E-state index in [1.165, 1.54) is 12.5 Å². The second kappa shape index (κ2) is 10.0. The van der Waals surface area contributed by atoms with Crippen LogP contribution in [-0.2, 0) is 17.6 Å². The van der Waals surface area contributed by atoms with Gasteiger partial charge < -0.3 is 9.26 Å². The molecule has 1 atom stereocenters. The number of hydrogen-bond acceptors (Lipinski definition) is 5. The number of benzene rings is 3. The smallest absolute Gasteiger partial charge is 0.308 e. The van der Waals surface area contributed by atoms with E-state index >= 15 is 0 Å². The topological polar surface area (TPSA) is 65.2 Å². The minimum Gasteiger partial charge on any atom is -0.426 e. The van der Waals surface area contributed by atoms with Crippen LogP contribution in [0, 0.1) is 0 Å². The molecule has 5 heteroatoms. The molecule has 0 saturated heterocycles. The highest BCUT2D eigenvalue weighted by molar-refractivity contribution is 5.70. The van der Waals surface area contributed by atoms with Crippen LogP contribution in [0.2, 0.25) is 0 Å². The summed E-state index contributed by atoms with van der Waals surface area (Å²) in [5, 5.41) is 4.38. The SMILES string of the molecule is CC(=O)Oc1cccc2c1CCCC2CCc1nc(C(c2ccccc2)c2ccccc2)no1. The maximum Gasteiger partial charge on any atom is 0.308 e. The summed E-state index contributed by atoms with van der Waals surface area (Å²) in [6.07, 6.45) is 4.75. The predicted molar refractivity (Wildman–Crippen MR) is 130 cm³/mol. The first-order valence-corrected chi connectivity index (χ1v) is 11.9. The van der Waals surface area contributed by atoms with E-state index in [0.717, 1.165) is 42.4 Å². The van der Waals surface area contributed by atoms with Gasteiger partial charge in [-0.15, -0.1) is 0 Å². The van der Waals surface area contributed by atoms with Crippen LogP contribution in [0.1, 0.15) is 72.0 Å². The fourth-order valence-electron chi connectivity index (χ4n) is 5.03. The van der Waals surface area contributed by atoms with Crippen molar-refractivity contribution < 1.29 is 14.1 Å². The van der Waals surface area contributed by atoms with Crippen LogP contribution in [0.15, 0.2) is 83.4 Å². The first-order chi connectivity index (χ1) is 16.7. The van der Waals surface area contributed by atoms with Crippen LogP contribution < -0.4 is 4.74 Å². The zero-order valence-electron chi connectivity index (χ0n) is 19.3. The van der Waals surface area contributed by atoms with Crippen molar-refractivity contribution in [1.29, 1.82) is 0 Å². The van der Waals surface area contributed by atoms with Crippen molar-refractivity contribution in [3.05, 3.63) is 113 Å². The molecule has 5 rings (SSSR count). The summed E-state index contributed by atoms with van der Waals surface area (Å²) < 4.78 is 11.2. The molecule has 3 aromatic carbocycles. The molecule has 34 heavy (non-hydrogen) atoms. The largest absolute Gasteiger partial charge is 0.426 e. The molecule has 0 fully saturated rings. The molecule has 0 amide bonds. The normalized spacial score (nSPS) is 15.2. The van der Waals surface area contributed by atoms with Crippen molar-refractivity contribution in [3.63, 3.8) is 0 Å². The van der Waals surface area contributed by atoms with Crippen molar-refractivity contribution in [2.75, 3.05) is 0 Å². The maximum absolute atomic E-state index is 11.5. The highest BCUT2D eigenvalue weighted by Gasteiger charge is 2.25. The highest BCUT2D eigenvalue weighted by Crippen LogP contribution is 2.39. The van der Waals surface area contributed by atoms with Gasteiger partial charge in [0.05, 0.1) is 5.92 Å². The van der Waals surface area contributed by atoms with Crippen LogP contribution in [0.25, 0.3) is 0 Å². The molecule has 1 heterocycles. The van der Waals surface area contributed by atoms with E-state index < -0.39 is 0 Å². The van der Waals surface area contributed by atoms with Crippen molar-refractivity contribution in [2.45, 2.75) is 50.9 Å². The van der Waals surface area contributed by atoms with Gasteiger partial charge in [-0.3, -0.25) is 4.79 Å². The van der Waals surface area contributed by atoms with Gasteiger partial charge in [0.25, 0.3) is 0 Å². The zero-order valence-corrected chi connectivity index (χ0v) is 19.3. The highest BCUT2D eigenvalue weighted by atomic mass is 16.5. The minimum absolute atomic E-state index is 0.0680. The molecule has 0 aliphatic heterocycles. The van der Waals surface area contributed by atoms with E-state index in [0.29, 0.717) is 29.8 Å². The number of carbonyl (C=O) groups excluding carboxylic acids is 1. The summed E-state index contributed by atoms with van der Waals surface area (Å²) in [5.41, 5.74) is 4.71. The standard InChI is InChI=1S/C29H28N2O3/c1-20(32)33-26-17-9-15-24-21(14-8-16-25(24)26)18-19-27-30-29(31-34-27)28(22-10-4-2-5-11-22)23-12-6-3-7-13-23/h2-7,9-13,15,17,21,28H,8,14,16,18-19H2,1H3. The number of hydrogen-bond donors (Lipinski definition) is 0. The van der Waals surface area contributed by atoms with Gasteiger partial charge in [-0.2, -0.15) is 4.98 Å². The van der Waals surface area contributed by atoms with Gasteiger partial charge >= 0.3 is 5.97 Å². The van der Waals surface area contributed by atoms with E-state index in [9.17, 15) is 4.79 Å². The minimum atomic E-state index is -0.278. The second-order valence-corrected chi connectivity index (χ2v) is 8.85. The van der Waals surface area contributed by atoms with Crippen LogP contribution in [0.4, 0.5) is 0 Å². The lowest BCUT2D eigenvalue weighted by Gasteiger charge is -2.26. The van der Waals surface area contributed by atoms with Crippen LogP contribution in [0.3, 0.4) is 0 Å². The lowest BCUT2D eigenvalue weighted by atomic mass is 9.80. The Bertz CT molecular complexity index is 1210. The third kappa shape index (κ3) is 4.79. The van der Waals surface area contributed by atoms with Crippen LogP contribution in [0.5, 0.6) is 5.75 Å². The Morgan fingerprint density at radius 1 is 1.00 bits per heavy atom. The molecule has 0 N–H and O–H groups in total. The van der Waals surface area contributed by atoms with Gasteiger partial charge in [0.15, 0.2) is 5.82 Å². The van der Waals surface area contributed by atoms with Gasteiger partial charge in [0, 0.05) is 13.3 Å². The number of esters is 1. The van der Waals surface area contributed by atoms with Crippen molar-refractivity contribution in [2.24, 2.45) is 0 Å². The number of rotatable bonds is 7. The van der Waals surface area contributed by atoms with Gasteiger partial charge in [-0.05, 0) is 59.9 Å². The third-order valence-electron chi connectivity index (χ3n) is 6.56. The monoisotopic (exact) mass is 452 g/mol. The lowest BCUT2D eigenvalue weighted by molar-refractivity contribution is -0.131. The first-order valence-electron chi connectivity index (χ1n) is 11.9. The number of nitrogens with zero attached hydrogens (tertiary/aromatic N) is 2. The Morgan fingerprint density at radius 3 is 2.38 bits per heavy atom. The molecule has 1 aliphatic carbocycles. The molecule has 0 radical (unpaired) electrons. The summed E-state index contributed by atoms with van der Waals surface area (Å²) >= 11 is 0. The molecule has 1 unspecified atom stereocenters. The van der Waals surface area contributed by atoms with Crippen LogP contribution in [-0.4, -0.2) is 16.1 Å². The zero-order chi connectivity index (χ0) is 23.3. The molecule has 0 saturated carbocycles. The number of carbonyl (C=O) groups is 1. The van der Waals surface area contributed by atoms with E-state index in [1.807, 2.05) is 48.5 Å². The quantitative estimate of drug-likeness (QED) is 0.246. The van der Waals surface area contributed by atoms with E-state index in [2.05, 4.69) is 35.5 Å². The predicted octanol–water partition coefficient (Wildman–Crippen LogP) is 6.23. The molecule has 172 valence electrons. The first kappa shape index (κ1) is 22.1. The maximum atomic E-state index is 11.5. The second-order valence-electron chi connectivity index (χ2n) is 8.85. The van der Waals surface area contributed by atoms with Crippen molar-refractivity contribution in [3.8, 4) is 5.75 Å². The molecular weight excluding hydrogens is 424 g/mol. The Morgan fingerprint density at radius 2 is 1.71 bits per heavy atom.